The zero-order valence-corrected chi connectivity index (χ0v) is 19.8. The lowest BCUT2D eigenvalue weighted by Crippen LogP contribution is -2.22. The highest BCUT2D eigenvalue weighted by Gasteiger charge is 2.28. The van der Waals surface area contributed by atoms with E-state index < -0.39 is 0 Å². The molecule has 4 aromatic rings. The third-order valence-corrected chi connectivity index (χ3v) is 6.43. The van der Waals surface area contributed by atoms with Crippen molar-refractivity contribution in [1.82, 2.24) is 24.3 Å². The largest absolute Gasteiger partial charge is 0.382 e. The van der Waals surface area contributed by atoms with Crippen LogP contribution in [0.25, 0.3) is 16.9 Å². The van der Waals surface area contributed by atoms with Gasteiger partial charge in [0.25, 0.3) is 11.5 Å². The fourth-order valence-electron chi connectivity index (χ4n) is 4.13. The van der Waals surface area contributed by atoms with Gasteiger partial charge in [0.05, 0.1) is 17.4 Å². The first kappa shape index (κ1) is 21.5. The maximum absolute atomic E-state index is 12.5. The molecule has 0 bridgehead atoms. The van der Waals surface area contributed by atoms with Crippen LogP contribution in [0, 0.1) is 19.8 Å². The second kappa shape index (κ2) is 8.19. The number of nitrogens with zero attached hydrogens (tertiary/aromatic N) is 5. The molecule has 0 radical (unpaired) electrons. The molecule has 1 aliphatic carbocycles. The Morgan fingerprint density at radius 1 is 1.18 bits per heavy atom. The molecule has 1 aliphatic rings. The average Bonchev–Trinajstić information content (AvgIpc) is 3.57. The minimum atomic E-state index is -0.0397. The first-order valence-electron chi connectivity index (χ1n) is 11.0. The fraction of sp³-hybridized carbons (Fsp3) is 0.333. The molecule has 3 heterocycles. The van der Waals surface area contributed by atoms with E-state index in [-0.39, 0.29) is 5.56 Å². The Morgan fingerprint density at radius 3 is 2.67 bits per heavy atom. The van der Waals surface area contributed by atoms with Gasteiger partial charge in [-0.25, -0.2) is 9.67 Å². The normalized spacial score (nSPS) is 14.5. The molecule has 1 aromatic carbocycles. The van der Waals surface area contributed by atoms with Gasteiger partial charge < -0.3 is 15.2 Å². The minimum absolute atomic E-state index is 0.0397. The SMILES string of the molecule is Cc1cc(C)n(-c2ncc(Cl)c(Nc3ccc4c(c3)c(N[C@H](C)C3CC3)cc(=O)n4C)n2)n1. The molecular weight excluding hydrogens is 438 g/mol. The second-order valence-electron chi connectivity index (χ2n) is 8.79. The zero-order chi connectivity index (χ0) is 23.3. The van der Waals surface area contributed by atoms with Crippen molar-refractivity contribution in [2.45, 2.75) is 39.7 Å². The van der Waals surface area contributed by atoms with Gasteiger partial charge in [0.15, 0.2) is 5.82 Å². The summed E-state index contributed by atoms with van der Waals surface area (Å²) in [4.78, 5) is 21.4. The summed E-state index contributed by atoms with van der Waals surface area (Å²) < 4.78 is 3.35. The number of hydrogen-bond donors (Lipinski definition) is 2. The number of halogens is 1. The average molecular weight is 464 g/mol. The summed E-state index contributed by atoms with van der Waals surface area (Å²) in [7, 11) is 1.79. The van der Waals surface area contributed by atoms with Crippen LogP contribution in [0.15, 0.2) is 41.3 Å². The van der Waals surface area contributed by atoms with Crippen LogP contribution < -0.4 is 16.2 Å². The van der Waals surface area contributed by atoms with Crippen molar-refractivity contribution >= 4 is 39.7 Å². The molecule has 8 nitrogen and oxygen atoms in total. The van der Waals surface area contributed by atoms with E-state index in [1.165, 1.54) is 12.8 Å². The second-order valence-corrected chi connectivity index (χ2v) is 9.20. The molecular formula is C24H26ClN7O. The monoisotopic (exact) mass is 463 g/mol. The maximum atomic E-state index is 12.5. The summed E-state index contributed by atoms with van der Waals surface area (Å²) >= 11 is 6.41. The highest BCUT2D eigenvalue weighted by Crippen LogP contribution is 2.35. The van der Waals surface area contributed by atoms with Crippen molar-refractivity contribution in [3.05, 3.63) is 63.3 Å². The van der Waals surface area contributed by atoms with Crippen LogP contribution in [0.1, 0.15) is 31.2 Å². The molecule has 5 rings (SSSR count). The zero-order valence-electron chi connectivity index (χ0n) is 19.1. The fourth-order valence-corrected chi connectivity index (χ4v) is 4.27. The number of aromatic nitrogens is 5. The Balaban J connectivity index is 1.53. The van der Waals surface area contributed by atoms with Gasteiger partial charge in [-0.1, -0.05) is 11.6 Å². The Bertz CT molecular complexity index is 1420. The van der Waals surface area contributed by atoms with Gasteiger partial charge in [-0.05, 0) is 63.8 Å². The lowest BCUT2D eigenvalue weighted by atomic mass is 10.1. The molecule has 33 heavy (non-hydrogen) atoms. The number of nitrogens with one attached hydrogen (secondary N) is 2. The van der Waals surface area contributed by atoms with E-state index in [9.17, 15) is 4.79 Å². The predicted octanol–water partition coefficient (Wildman–Crippen LogP) is 4.74. The number of benzene rings is 1. The van der Waals surface area contributed by atoms with Crippen LogP contribution in [0.3, 0.4) is 0 Å². The van der Waals surface area contributed by atoms with Crippen molar-refractivity contribution in [3.63, 3.8) is 0 Å². The molecule has 0 unspecified atom stereocenters. The Hall–Kier alpha value is -3.39. The van der Waals surface area contributed by atoms with Crippen LogP contribution >= 0.6 is 11.6 Å². The predicted molar refractivity (Wildman–Crippen MR) is 132 cm³/mol. The standard InChI is InChI=1S/C24H26ClN7O/c1-13-9-14(2)32(30-13)24-26-12-19(25)23(29-24)28-17-7-8-21-18(10-17)20(11-22(33)31(21)4)27-15(3)16-5-6-16/h7-12,15-16,27H,5-6H2,1-4H3,(H,26,28,29)/t15-/m1/s1. The van der Waals surface area contributed by atoms with Crippen molar-refractivity contribution in [2.24, 2.45) is 13.0 Å². The molecule has 0 spiro atoms. The molecule has 9 heteroatoms. The van der Waals surface area contributed by atoms with E-state index in [0.29, 0.717) is 28.7 Å². The topological polar surface area (TPSA) is 89.7 Å². The molecule has 1 saturated carbocycles. The van der Waals surface area contributed by atoms with E-state index in [0.717, 1.165) is 33.7 Å². The van der Waals surface area contributed by atoms with Crippen LogP contribution in [0.4, 0.5) is 17.2 Å². The third-order valence-electron chi connectivity index (χ3n) is 6.15. The van der Waals surface area contributed by atoms with Crippen molar-refractivity contribution < 1.29 is 0 Å². The summed E-state index contributed by atoms with van der Waals surface area (Å²) in [6, 6.07) is 9.81. The quantitative estimate of drug-likeness (QED) is 0.429. The summed E-state index contributed by atoms with van der Waals surface area (Å²) in [5, 5.41) is 12.7. The molecule has 2 N–H and O–H groups in total. The minimum Gasteiger partial charge on any atom is -0.382 e. The van der Waals surface area contributed by atoms with Gasteiger partial charge in [0, 0.05) is 41.6 Å². The molecule has 0 aliphatic heterocycles. The van der Waals surface area contributed by atoms with Crippen molar-refractivity contribution in [1.29, 1.82) is 0 Å². The summed E-state index contributed by atoms with van der Waals surface area (Å²) in [5.74, 6) is 1.59. The summed E-state index contributed by atoms with van der Waals surface area (Å²) in [6.07, 6.45) is 4.03. The number of hydrogen-bond acceptors (Lipinski definition) is 6. The Kier molecular flexibility index (Phi) is 5.32. The first-order valence-corrected chi connectivity index (χ1v) is 11.4. The van der Waals surface area contributed by atoms with Crippen LogP contribution in [-0.2, 0) is 7.05 Å². The highest BCUT2D eigenvalue weighted by molar-refractivity contribution is 6.32. The highest BCUT2D eigenvalue weighted by atomic mass is 35.5. The van der Waals surface area contributed by atoms with Gasteiger partial charge in [-0.15, -0.1) is 0 Å². The number of pyridine rings is 1. The lowest BCUT2D eigenvalue weighted by molar-refractivity contribution is 0.694. The van der Waals surface area contributed by atoms with Crippen LogP contribution in [0.2, 0.25) is 5.02 Å². The smallest absolute Gasteiger partial charge is 0.252 e. The van der Waals surface area contributed by atoms with Crippen LogP contribution in [0.5, 0.6) is 0 Å². The molecule has 0 saturated heterocycles. The Labute approximate surface area is 196 Å². The van der Waals surface area contributed by atoms with E-state index in [1.54, 1.807) is 28.6 Å². The van der Waals surface area contributed by atoms with Crippen molar-refractivity contribution in [3.8, 4) is 5.95 Å². The van der Waals surface area contributed by atoms with Gasteiger partial charge in [-0.2, -0.15) is 10.1 Å². The maximum Gasteiger partial charge on any atom is 0.252 e. The van der Waals surface area contributed by atoms with Gasteiger partial charge >= 0.3 is 0 Å². The van der Waals surface area contributed by atoms with E-state index >= 15 is 0 Å². The molecule has 1 fully saturated rings. The van der Waals surface area contributed by atoms with Gasteiger partial charge in [0.1, 0.15) is 5.02 Å². The van der Waals surface area contributed by atoms with Crippen molar-refractivity contribution in [2.75, 3.05) is 10.6 Å². The van der Waals surface area contributed by atoms with E-state index in [4.69, 9.17) is 11.6 Å². The molecule has 3 aromatic heterocycles. The summed E-state index contributed by atoms with van der Waals surface area (Å²) in [5.41, 5.74) is 4.29. The lowest BCUT2D eigenvalue weighted by Gasteiger charge is -2.18. The first-order chi connectivity index (χ1) is 15.8. The molecule has 1 atom stereocenters. The van der Waals surface area contributed by atoms with Crippen LogP contribution in [-0.4, -0.2) is 30.4 Å². The van der Waals surface area contributed by atoms with E-state index in [2.05, 4.69) is 32.6 Å². The number of fused-ring (bicyclic) bond motifs is 1. The number of anilines is 3. The summed E-state index contributed by atoms with van der Waals surface area (Å²) in [6.45, 7) is 6.05. The van der Waals surface area contributed by atoms with Gasteiger partial charge in [0.2, 0.25) is 0 Å². The Morgan fingerprint density at radius 2 is 1.97 bits per heavy atom. The molecule has 170 valence electrons. The number of rotatable bonds is 6. The third kappa shape index (κ3) is 4.18. The molecule has 0 amide bonds. The number of aryl methyl sites for hydroxylation is 3. The van der Waals surface area contributed by atoms with Gasteiger partial charge in [-0.3, -0.25) is 4.79 Å². The van der Waals surface area contributed by atoms with E-state index in [1.807, 2.05) is 38.1 Å².